The van der Waals surface area contributed by atoms with Crippen LogP contribution in [0.3, 0.4) is 0 Å². The second kappa shape index (κ2) is 10.8. The van der Waals surface area contributed by atoms with E-state index in [1.54, 1.807) is 21.7 Å². The minimum Gasteiger partial charge on any atom is -0.334 e. The van der Waals surface area contributed by atoms with E-state index >= 15 is 0 Å². The van der Waals surface area contributed by atoms with Gasteiger partial charge in [0.2, 0.25) is 5.82 Å². The third-order valence-electron chi connectivity index (χ3n) is 4.59. The van der Waals surface area contributed by atoms with Crippen LogP contribution < -0.4 is 5.73 Å². The summed E-state index contributed by atoms with van der Waals surface area (Å²) in [4.78, 5) is 19.2. The summed E-state index contributed by atoms with van der Waals surface area (Å²) in [5, 5.41) is 4.41. The van der Waals surface area contributed by atoms with Crippen LogP contribution in [-0.4, -0.2) is 45.2 Å². The van der Waals surface area contributed by atoms with E-state index in [1.165, 1.54) is 12.1 Å². The van der Waals surface area contributed by atoms with Gasteiger partial charge in [-0.3, -0.25) is 4.79 Å². The molecule has 0 spiro atoms. The SMILES string of the molecule is CC(C)c1nc(C(=O)N(CCN)CCc2ccccc2)nn1-c1cccc(F)c1.Cl. The van der Waals surface area contributed by atoms with Gasteiger partial charge in [0.15, 0.2) is 0 Å². The molecule has 0 saturated heterocycles. The summed E-state index contributed by atoms with van der Waals surface area (Å²) >= 11 is 0. The first kappa shape index (κ1) is 23.5. The van der Waals surface area contributed by atoms with E-state index in [4.69, 9.17) is 5.73 Å². The number of halogens is 2. The predicted molar refractivity (Wildman–Crippen MR) is 118 cm³/mol. The molecule has 0 aliphatic rings. The van der Waals surface area contributed by atoms with E-state index in [0.29, 0.717) is 37.6 Å². The van der Waals surface area contributed by atoms with Gasteiger partial charge >= 0.3 is 0 Å². The van der Waals surface area contributed by atoms with Crippen molar-refractivity contribution in [2.75, 3.05) is 19.6 Å². The highest BCUT2D eigenvalue weighted by Crippen LogP contribution is 2.19. The highest BCUT2D eigenvalue weighted by atomic mass is 35.5. The Hall–Kier alpha value is -2.77. The maximum Gasteiger partial charge on any atom is 0.293 e. The van der Waals surface area contributed by atoms with Gasteiger partial charge < -0.3 is 10.6 Å². The van der Waals surface area contributed by atoms with Crippen LogP contribution in [0.5, 0.6) is 0 Å². The quantitative estimate of drug-likeness (QED) is 0.591. The fourth-order valence-corrected chi connectivity index (χ4v) is 3.11. The minimum atomic E-state index is -0.367. The average molecular weight is 432 g/mol. The molecule has 1 heterocycles. The summed E-state index contributed by atoms with van der Waals surface area (Å²) in [5.41, 5.74) is 7.40. The minimum absolute atomic E-state index is 0. The van der Waals surface area contributed by atoms with Crippen LogP contribution in [0.25, 0.3) is 5.69 Å². The summed E-state index contributed by atoms with van der Waals surface area (Å²) in [7, 11) is 0. The molecule has 160 valence electrons. The zero-order chi connectivity index (χ0) is 20.8. The molecule has 0 fully saturated rings. The lowest BCUT2D eigenvalue weighted by molar-refractivity contribution is 0.0750. The molecular weight excluding hydrogens is 405 g/mol. The Morgan fingerprint density at radius 1 is 1.13 bits per heavy atom. The number of nitrogens with two attached hydrogens (primary N) is 1. The molecule has 6 nitrogen and oxygen atoms in total. The van der Waals surface area contributed by atoms with Crippen molar-refractivity contribution < 1.29 is 9.18 Å². The Morgan fingerprint density at radius 2 is 1.87 bits per heavy atom. The topological polar surface area (TPSA) is 77.0 Å². The van der Waals surface area contributed by atoms with Gasteiger partial charge in [-0.25, -0.2) is 14.1 Å². The molecule has 0 atom stereocenters. The molecule has 2 N–H and O–H groups in total. The predicted octanol–water partition coefficient (Wildman–Crippen LogP) is 3.60. The Morgan fingerprint density at radius 3 is 2.50 bits per heavy atom. The number of carbonyl (C=O) groups excluding carboxylic acids is 1. The van der Waals surface area contributed by atoms with Gasteiger partial charge in [-0.15, -0.1) is 17.5 Å². The van der Waals surface area contributed by atoms with Crippen molar-refractivity contribution >= 4 is 18.3 Å². The van der Waals surface area contributed by atoms with Gasteiger partial charge in [0.1, 0.15) is 11.6 Å². The van der Waals surface area contributed by atoms with Crippen LogP contribution >= 0.6 is 12.4 Å². The van der Waals surface area contributed by atoms with Crippen LogP contribution in [0.1, 0.15) is 41.8 Å². The Kier molecular flexibility index (Phi) is 8.50. The number of nitrogens with zero attached hydrogens (tertiary/aromatic N) is 4. The maximum absolute atomic E-state index is 13.7. The van der Waals surface area contributed by atoms with Crippen LogP contribution in [0, 0.1) is 5.82 Å². The van der Waals surface area contributed by atoms with Gasteiger partial charge in [0.25, 0.3) is 5.91 Å². The molecule has 0 unspecified atom stereocenters. The summed E-state index contributed by atoms with van der Waals surface area (Å²) in [6, 6.07) is 16.1. The lowest BCUT2D eigenvalue weighted by atomic mass is 10.1. The van der Waals surface area contributed by atoms with Crippen LogP contribution in [0.2, 0.25) is 0 Å². The Bertz CT molecular complexity index is 961. The van der Waals surface area contributed by atoms with E-state index < -0.39 is 0 Å². The van der Waals surface area contributed by atoms with E-state index in [2.05, 4.69) is 10.1 Å². The van der Waals surface area contributed by atoms with Gasteiger partial charge in [-0.2, -0.15) is 0 Å². The van der Waals surface area contributed by atoms with Crippen molar-refractivity contribution in [1.82, 2.24) is 19.7 Å². The van der Waals surface area contributed by atoms with Gasteiger partial charge in [0, 0.05) is 25.6 Å². The number of aromatic nitrogens is 3. The smallest absolute Gasteiger partial charge is 0.293 e. The standard InChI is InChI=1S/C22H26FN5O.ClH/c1-16(2)21-25-20(26-28(21)19-10-6-9-18(23)15-19)22(29)27(14-12-24)13-11-17-7-4-3-5-8-17;/h3-10,15-16H,11-14,24H2,1-2H3;1H. The van der Waals surface area contributed by atoms with Crippen LogP contribution in [0.15, 0.2) is 54.6 Å². The highest BCUT2D eigenvalue weighted by molar-refractivity contribution is 5.90. The molecule has 1 amide bonds. The molecule has 0 radical (unpaired) electrons. The Balaban J connectivity index is 0.00000320. The maximum atomic E-state index is 13.7. The van der Waals surface area contributed by atoms with E-state index in [-0.39, 0.29) is 35.9 Å². The number of rotatable bonds is 8. The lowest BCUT2D eigenvalue weighted by Gasteiger charge is -2.20. The monoisotopic (exact) mass is 431 g/mol. The molecule has 2 aromatic carbocycles. The highest BCUT2D eigenvalue weighted by Gasteiger charge is 2.23. The van der Waals surface area contributed by atoms with Crippen molar-refractivity contribution in [2.24, 2.45) is 5.73 Å². The zero-order valence-electron chi connectivity index (χ0n) is 17.2. The molecule has 0 aliphatic heterocycles. The number of hydrogen-bond donors (Lipinski definition) is 1. The summed E-state index contributed by atoms with van der Waals surface area (Å²) in [6.45, 7) is 5.20. The third kappa shape index (κ3) is 5.64. The molecule has 3 aromatic rings. The summed E-state index contributed by atoms with van der Waals surface area (Å²) in [6.07, 6.45) is 0.716. The van der Waals surface area contributed by atoms with Gasteiger partial charge in [-0.05, 0) is 30.2 Å². The second-order valence-electron chi connectivity index (χ2n) is 7.16. The van der Waals surface area contributed by atoms with Crippen molar-refractivity contribution in [3.63, 3.8) is 0 Å². The fourth-order valence-electron chi connectivity index (χ4n) is 3.11. The first-order valence-electron chi connectivity index (χ1n) is 9.75. The number of carbonyl (C=O) groups is 1. The van der Waals surface area contributed by atoms with E-state index in [9.17, 15) is 9.18 Å². The third-order valence-corrected chi connectivity index (χ3v) is 4.59. The normalized spacial score (nSPS) is 10.7. The van der Waals surface area contributed by atoms with Crippen molar-refractivity contribution in [1.29, 1.82) is 0 Å². The lowest BCUT2D eigenvalue weighted by Crippen LogP contribution is -2.37. The van der Waals surface area contributed by atoms with Crippen LogP contribution in [0.4, 0.5) is 4.39 Å². The number of hydrogen-bond acceptors (Lipinski definition) is 4. The molecular formula is C22H27ClFN5O. The van der Waals surface area contributed by atoms with Gasteiger partial charge in [0.05, 0.1) is 5.69 Å². The summed E-state index contributed by atoms with van der Waals surface area (Å²) < 4.78 is 15.2. The Labute approximate surface area is 182 Å². The van der Waals surface area contributed by atoms with Crippen LogP contribution in [-0.2, 0) is 6.42 Å². The average Bonchev–Trinajstić information content (AvgIpc) is 3.17. The van der Waals surface area contributed by atoms with Crippen molar-refractivity contribution in [3.05, 3.63) is 77.6 Å². The first-order valence-corrected chi connectivity index (χ1v) is 9.75. The first-order chi connectivity index (χ1) is 14.0. The zero-order valence-corrected chi connectivity index (χ0v) is 18.0. The molecule has 3 rings (SSSR count). The van der Waals surface area contributed by atoms with E-state index in [1.807, 2.05) is 44.2 Å². The molecule has 8 heteroatoms. The van der Waals surface area contributed by atoms with E-state index in [0.717, 1.165) is 5.56 Å². The fraction of sp³-hybridized carbons (Fsp3) is 0.318. The molecule has 30 heavy (non-hydrogen) atoms. The second-order valence-corrected chi connectivity index (χ2v) is 7.16. The molecule has 1 aromatic heterocycles. The van der Waals surface area contributed by atoms with Crippen molar-refractivity contribution in [3.8, 4) is 5.69 Å². The largest absolute Gasteiger partial charge is 0.334 e. The summed E-state index contributed by atoms with van der Waals surface area (Å²) in [5.74, 6) is 0.0745. The molecule has 0 saturated carbocycles. The number of amides is 1. The number of benzene rings is 2. The van der Waals surface area contributed by atoms with Gasteiger partial charge in [-0.1, -0.05) is 50.2 Å². The van der Waals surface area contributed by atoms with Crippen molar-refractivity contribution in [2.45, 2.75) is 26.2 Å². The molecule has 0 bridgehead atoms. The molecule has 0 aliphatic carbocycles.